The summed E-state index contributed by atoms with van der Waals surface area (Å²) in [5.41, 5.74) is 0.949. The molecule has 0 bridgehead atoms. The van der Waals surface area contributed by atoms with E-state index < -0.39 is 5.82 Å². The van der Waals surface area contributed by atoms with Gasteiger partial charge in [-0.3, -0.25) is 4.79 Å². The van der Waals surface area contributed by atoms with Crippen LogP contribution in [-0.2, 0) is 0 Å². The highest BCUT2D eigenvalue weighted by atomic mass is 35.5. The van der Waals surface area contributed by atoms with E-state index in [-0.39, 0.29) is 10.9 Å². The second-order valence-electron chi connectivity index (χ2n) is 4.66. The molecule has 0 radical (unpaired) electrons. The Morgan fingerprint density at radius 2 is 2.05 bits per heavy atom. The van der Waals surface area contributed by atoms with Crippen LogP contribution in [0.4, 0.5) is 16.0 Å². The summed E-state index contributed by atoms with van der Waals surface area (Å²) in [5.74, 6) is -0.398. The first-order chi connectivity index (χ1) is 10.6. The minimum absolute atomic E-state index is 0.0110. The number of rotatable bonds is 6. The quantitative estimate of drug-likeness (QED) is 0.798. The third kappa shape index (κ3) is 4.39. The van der Waals surface area contributed by atoms with E-state index >= 15 is 0 Å². The molecule has 2 N–H and O–H groups in total. The van der Waals surface area contributed by atoms with Gasteiger partial charge in [-0.2, -0.15) is 0 Å². The van der Waals surface area contributed by atoms with Gasteiger partial charge in [0, 0.05) is 24.6 Å². The molecule has 2 aromatic rings. The number of anilines is 2. The first-order valence-corrected chi connectivity index (χ1v) is 7.30. The molecule has 5 nitrogen and oxygen atoms in total. The van der Waals surface area contributed by atoms with Gasteiger partial charge in [0.2, 0.25) is 5.95 Å². The smallest absolute Gasteiger partial charge is 0.254 e. The van der Waals surface area contributed by atoms with Crippen molar-refractivity contribution in [3.05, 3.63) is 47.0 Å². The summed E-state index contributed by atoms with van der Waals surface area (Å²) in [6.45, 7) is 2.68. The van der Waals surface area contributed by atoms with Crippen molar-refractivity contribution < 1.29 is 9.18 Å². The van der Waals surface area contributed by atoms with Crippen molar-refractivity contribution in [2.75, 3.05) is 11.9 Å². The van der Waals surface area contributed by atoms with Crippen LogP contribution < -0.4 is 10.6 Å². The van der Waals surface area contributed by atoms with E-state index in [0.717, 1.165) is 12.8 Å². The average molecular weight is 323 g/mol. The first kappa shape index (κ1) is 16.2. The summed E-state index contributed by atoms with van der Waals surface area (Å²) in [4.78, 5) is 19.9. The molecule has 0 aliphatic rings. The van der Waals surface area contributed by atoms with Crippen LogP contribution in [0.3, 0.4) is 0 Å². The van der Waals surface area contributed by atoms with Gasteiger partial charge in [0.05, 0.1) is 10.6 Å². The van der Waals surface area contributed by atoms with Crippen molar-refractivity contribution in [2.24, 2.45) is 0 Å². The molecule has 22 heavy (non-hydrogen) atoms. The maximum atomic E-state index is 13.1. The molecule has 1 heterocycles. The van der Waals surface area contributed by atoms with Crippen molar-refractivity contribution in [2.45, 2.75) is 19.8 Å². The summed E-state index contributed by atoms with van der Waals surface area (Å²) in [5, 5.41) is 5.68. The molecule has 0 unspecified atom stereocenters. The molecule has 1 aromatic carbocycles. The zero-order chi connectivity index (χ0) is 15.9. The number of unbranched alkanes of at least 4 members (excludes halogenated alkanes) is 1. The molecule has 1 aromatic heterocycles. The van der Waals surface area contributed by atoms with Crippen molar-refractivity contribution in [1.82, 2.24) is 15.3 Å². The molecule has 116 valence electrons. The molecule has 0 aliphatic carbocycles. The van der Waals surface area contributed by atoms with Crippen LogP contribution in [0.25, 0.3) is 0 Å². The topological polar surface area (TPSA) is 66.9 Å². The van der Waals surface area contributed by atoms with Crippen LogP contribution in [0.5, 0.6) is 0 Å². The monoisotopic (exact) mass is 322 g/mol. The van der Waals surface area contributed by atoms with Crippen LogP contribution in [0, 0.1) is 5.82 Å². The minimum atomic E-state index is -0.493. The number of hydrogen-bond acceptors (Lipinski definition) is 4. The van der Waals surface area contributed by atoms with Crippen LogP contribution in [0.15, 0.2) is 30.6 Å². The molecule has 0 aliphatic heterocycles. The van der Waals surface area contributed by atoms with Crippen LogP contribution >= 0.6 is 11.6 Å². The zero-order valence-corrected chi connectivity index (χ0v) is 12.8. The zero-order valence-electron chi connectivity index (χ0n) is 12.1. The fourth-order valence-corrected chi connectivity index (χ4v) is 1.87. The Bertz CT molecular complexity index is 648. The highest BCUT2D eigenvalue weighted by Gasteiger charge is 2.07. The summed E-state index contributed by atoms with van der Waals surface area (Å²) in [6, 6.07) is 4.21. The van der Waals surface area contributed by atoms with Gasteiger partial charge in [-0.15, -0.1) is 0 Å². The van der Waals surface area contributed by atoms with Crippen molar-refractivity contribution >= 4 is 29.1 Å². The molecular formula is C15H16ClFN4O. The van der Waals surface area contributed by atoms with Crippen molar-refractivity contribution in [1.29, 1.82) is 0 Å². The lowest BCUT2D eigenvalue weighted by Crippen LogP contribution is -2.24. The Balaban J connectivity index is 1.99. The van der Waals surface area contributed by atoms with Crippen molar-refractivity contribution in [3.63, 3.8) is 0 Å². The Morgan fingerprint density at radius 3 is 2.68 bits per heavy atom. The first-order valence-electron chi connectivity index (χ1n) is 6.92. The number of nitrogens with one attached hydrogen (secondary N) is 2. The Morgan fingerprint density at radius 1 is 1.32 bits per heavy atom. The normalized spacial score (nSPS) is 10.3. The number of carbonyl (C=O) groups is 1. The molecule has 2 rings (SSSR count). The van der Waals surface area contributed by atoms with Gasteiger partial charge in [0.1, 0.15) is 5.82 Å². The van der Waals surface area contributed by atoms with Crippen LogP contribution in [0.2, 0.25) is 5.02 Å². The van der Waals surface area contributed by atoms with Crippen LogP contribution in [0.1, 0.15) is 30.1 Å². The molecule has 0 atom stereocenters. The summed E-state index contributed by atoms with van der Waals surface area (Å²) >= 11 is 5.70. The summed E-state index contributed by atoms with van der Waals surface area (Å²) < 4.78 is 13.1. The van der Waals surface area contributed by atoms with Gasteiger partial charge < -0.3 is 10.6 Å². The Hall–Kier alpha value is -2.21. The highest BCUT2D eigenvalue weighted by molar-refractivity contribution is 6.31. The second-order valence-corrected chi connectivity index (χ2v) is 5.07. The number of halogens is 2. The summed E-state index contributed by atoms with van der Waals surface area (Å²) in [7, 11) is 0. The van der Waals surface area contributed by atoms with Gasteiger partial charge in [-0.05, 0) is 24.6 Å². The largest absolute Gasteiger partial charge is 0.352 e. The second kappa shape index (κ2) is 7.70. The van der Waals surface area contributed by atoms with Gasteiger partial charge in [0.15, 0.2) is 0 Å². The number of benzene rings is 1. The molecule has 7 heteroatoms. The minimum Gasteiger partial charge on any atom is -0.352 e. The van der Waals surface area contributed by atoms with Crippen LogP contribution in [-0.4, -0.2) is 22.4 Å². The molecule has 0 saturated heterocycles. The molecule has 1 amide bonds. The standard InChI is InChI=1S/C15H16ClFN4O/c1-2-3-6-18-14(22)10-8-19-15(20-9-10)21-11-4-5-13(17)12(16)7-11/h4-5,7-9H,2-3,6H2,1H3,(H,18,22)(H,19,20,21). The molecule has 0 saturated carbocycles. The predicted molar refractivity (Wildman–Crippen MR) is 84.0 cm³/mol. The number of aromatic nitrogens is 2. The highest BCUT2D eigenvalue weighted by Crippen LogP contribution is 2.21. The third-order valence-electron chi connectivity index (χ3n) is 2.91. The van der Waals surface area contributed by atoms with E-state index in [0.29, 0.717) is 23.7 Å². The lowest BCUT2D eigenvalue weighted by Gasteiger charge is -2.07. The molecule has 0 fully saturated rings. The predicted octanol–water partition coefficient (Wildman–Crippen LogP) is 3.54. The van der Waals surface area contributed by atoms with Gasteiger partial charge in [-0.25, -0.2) is 14.4 Å². The lowest BCUT2D eigenvalue weighted by molar-refractivity contribution is 0.0952. The third-order valence-corrected chi connectivity index (χ3v) is 3.20. The van der Waals surface area contributed by atoms with E-state index in [1.54, 1.807) is 0 Å². The van der Waals surface area contributed by atoms with Crippen molar-refractivity contribution in [3.8, 4) is 0 Å². The van der Waals surface area contributed by atoms with Gasteiger partial charge in [0.25, 0.3) is 5.91 Å². The maximum Gasteiger partial charge on any atom is 0.254 e. The van der Waals surface area contributed by atoms with Gasteiger partial charge >= 0.3 is 0 Å². The average Bonchev–Trinajstić information content (AvgIpc) is 2.52. The lowest BCUT2D eigenvalue weighted by atomic mass is 10.3. The van der Waals surface area contributed by atoms with E-state index in [2.05, 4.69) is 27.5 Å². The maximum absolute atomic E-state index is 13.1. The molecular weight excluding hydrogens is 307 g/mol. The van der Waals surface area contributed by atoms with E-state index in [9.17, 15) is 9.18 Å². The fourth-order valence-electron chi connectivity index (χ4n) is 1.69. The number of carbonyl (C=O) groups excluding carboxylic acids is 1. The number of nitrogens with zero attached hydrogens (tertiary/aromatic N) is 2. The number of amides is 1. The summed E-state index contributed by atoms with van der Waals surface area (Å²) in [6.07, 6.45) is 4.81. The van der Waals surface area contributed by atoms with Gasteiger partial charge in [-0.1, -0.05) is 24.9 Å². The Kier molecular flexibility index (Phi) is 5.66. The SMILES string of the molecule is CCCCNC(=O)c1cnc(Nc2ccc(F)c(Cl)c2)nc1. The molecule has 0 spiro atoms. The van der Waals surface area contributed by atoms with E-state index in [1.165, 1.54) is 30.6 Å². The Labute approximate surface area is 132 Å². The van der Waals surface area contributed by atoms with E-state index in [1.807, 2.05) is 0 Å². The van der Waals surface area contributed by atoms with E-state index in [4.69, 9.17) is 11.6 Å². The number of hydrogen-bond donors (Lipinski definition) is 2. The fraction of sp³-hybridized carbons (Fsp3) is 0.267.